The normalized spacial score (nSPS) is 22.7. The van der Waals surface area contributed by atoms with Crippen molar-refractivity contribution in [3.8, 4) is 0 Å². The standard InChI is InChI=1S/C11H14N2O5S/c1-6-5-19-11(18)12(6)4-9(15)13-3-7(14)2-8(13)10(16)17/h5,7-8,14H,2-4H2,1H3,(H,16,17)/t7-,8-/m0/s1. The fraction of sp³-hybridized carbons (Fsp3) is 0.545. The van der Waals surface area contributed by atoms with E-state index in [0.29, 0.717) is 5.69 Å². The second-order valence-corrected chi connectivity index (χ2v) is 5.34. The highest BCUT2D eigenvalue weighted by Gasteiger charge is 2.38. The van der Waals surface area contributed by atoms with Gasteiger partial charge in [0.1, 0.15) is 12.6 Å². The molecule has 0 unspecified atom stereocenters. The molecule has 8 heteroatoms. The van der Waals surface area contributed by atoms with Crippen molar-refractivity contribution in [1.82, 2.24) is 9.47 Å². The smallest absolute Gasteiger partial charge is 0.326 e. The minimum Gasteiger partial charge on any atom is -0.480 e. The van der Waals surface area contributed by atoms with E-state index in [1.54, 1.807) is 12.3 Å². The molecule has 1 saturated heterocycles. The molecule has 0 spiro atoms. The molecule has 2 rings (SSSR count). The Hall–Kier alpha value is -1.67. The Balaban J connectivity index is 2.16. The van der Waals surface area contributed by atoms with Crippen molar-refractivity contribution in [2.75, 3.05) is 6.54 Å². The first-order chi connectivity index (χ1) is 8.90. The van der Waals surface area contributed by atoms with Gasteiger partial charge in [-0.25, -0.2) is 4.79 Å². The summed E-state index contributed by atoms with van der Waals surface area (Å²) >= 11 is 0.994. The van der Waals surface area contributed by atoms with E-state index in [4.69, 9.17) is 5.11 Å². The van der Waals surface area contributed by atoms with E-state index in [9.17, 15) is 19.5 Å². The average molecular weight is 286 g/mol. The minimum absolute atomic E-state index is 0.00622. The van der Waals surface area contributed by atoms with Crippen LogP contribution in [0.3, 0.4) is 0 Å². The number of aromatic nitrogens is 1. The zero-order chi connectivity index (χ0) is 14.2. The van der Waals surface area contributed by atoms with Gasteiger partial charge in [-0.05, 0) is 6.92 Å². The molecule has 2 atom stereocenters. The van der Waals surface area contributed by atoms with E-state index in [0.717, 1.165) is 16.2 Å². The second-order valence-electron chi connectivity index (χ2n) is 4.52. The van der Waals surface area contributed by atoms with Crippen LogP contribution in [0.25, 0.3) is 0 Å². The third-order valence-corrected chi connectivity index (χ3v) is 4.04. The maximum absolute atomic E-state index is 12.1. The van der Waals surface area contributed by atoms with E-state index < -0.39 is 24.0 Å². The lowest BCUT2D eigenvalue weighted by atomic mass is 10.2. The molecular weight excluding hydrogens is 272 g/mol. The number of β-amino-alcohol motifs (C(OH)–C–C–N with tert-alkyl or cyclic N) is 1. The lowest BCUT2D eigenvalue weighted by Crippen LogP contribution is -2.43. The van der Waals surface area contributed by atoms with Crippen LogP contribution in [0.15, 0.2) is 10.2 Å². The molecule has 104 valence electrons. The fourth-order valence-electron chi connectivity index (χ4n) is 2.15. The fourth-order valence-corrected chi connectivity index (χ4v) is 2.88. The van der Waals surface area contributed by atoms with Gasteiger partial charge in [0.2, 0.25) is 5.91 Å². The van der Waals surface area contributed by atoms with Crippen LogP contribution in [0, 0.1) is 6.92 Å². The number of carboxylic acid groups (broad SMARTS) is 1. The average Bonchev–Trinajstić information content (AvgIpc) is 2.87. The summed E-state index contributed by atoms with van der Waals surface area (Å²) in [5.41, 5.74) is 0.662. The number of aliphatic carboxylic acids is 1. The van der Waals surface area contributed by atoms with Crippen molar-refractivity contribution >= 4 is 23.2 Å². The topological polar surface area (TPSA) is 99.8 Å². The van der Waals surface area contributed by atoms with Crippen LogP contribution in [0.1, 0.15) is 12.1 Å². The monoisotopic (exact) mass is 286 g/mol. The van der Waals surface area contributed by atoms with Crippen LogP contribution < -0.4 is 4.87 Å². The molecule has 0 bridgehead atoms. The molecule has 1 aliphatic rings. The molecule has 1 aliphatic heterocycles. The van der Waals surface area contributed by atoms with Gasteiger partial charge >= 0.3 is 10.8 Å². The number of thiazole rings is 1. The number of aliphatic hydroxyl groups excluding tert-OH is 1. The molecule has 19 heavy (non-hydrogen) atoms. The lowest BCUT2D eigenvalue weighted by molar-refractivity contribution is -0.148. The predicted octanol–water partition coefficient (Wildman–Crippen LogP) is -0.735. The van der Waals surface area contributed by atoms with E-state index in [1.807, 2.05) is 0 Å². The van der Waals surface area contributed by atoms with E-state index in [-0.39, 0.29) is 24.4 Å². The number of carboxylic acids is 1. The molecule has 1 aromatic heterocycles. The number of carbonyl (C=O) groups is 2. The van der Waals surface area contributed by atoms with Gasteiger partial charge in [-0.1, -0.05) is 11.3 Å². The zero-order valence-electron chi connectivity index (χ0n) is 10.3. The molecule has 0 saturated carbocycles. The molecule has 1 amide bonds. The molecule has 7 nitrogen and oxygen atoms in total. The third-order valence-electron chi connectivity index (χ3n) is 3.15. The molecule has 0 aromatic carbocycles. The summed E-state index contributed by atoms with van der Waals surface area (Å²) in [5, 5.41) is 20.1. The Morgan fingerprint density at radius 2 is 2.21 bits per heavy atom. The Labute approximate surface area is 112 Å². The Bertz CT molecular complexity index is 564. The largest absolute Gasteiger partial charge is 0.480 e. The van der Waals surface area contributed by atoms with Crippen molar-refractivity contribution in [1.29, 1.82) is 0 Å². The van der Waals surface area contributed by atoms with Crippen LogP contribution >= 0.6 is 11.3 Å². The molecule has 0 radical (unpaired) electrons. The van der Waals surface area contributed by atoms with Crippen molar-refractivity contribution in [2.45, 2.75) is 32.0 Å². The number of amides is 1. The maximum atomic E-state index is 12.1. The number of carbonyl (C=O) groups excluding carboxylic acids is 1. The van der Waals surface area contributed by atoms with Gasteiger partial charge in [0.15, 0.2) is 0 Å². The van der Waals surface area contributed by atoms with E-state index >= 15 is 0 Å². The summed E-state index contributed by atoms with van der Waals surface area (Å²) < 4.78 is 1.30. The van der Waals surface area contributed by atoms with Crippen LogP contribution in [0.4, 0.5) is 0 Å². The van der Waals surface area contributed by atoms with Crippen LogP contribution in [0.5, 0.6) is 0 Å². The summed E-state index contributed by atoms with van der Waals surface area (Å²) in [4.78, 5) is 35.5. The highest BCUT2D eigenvalue weighted by molar-refractivity contribution is 7.07. The van der Waals surface area contributed by atoms with Gasteiger partial charge in [0.05, 0.1) is 6.10 Å². The molecule has 2 N–H and O–H groups in total. The Morgan fingerprint density at radius 1 is 1.53 bits per heavy atom. The number of nitrogens with zero attached hydrogens (tertiary/aromatic N) is 2. The van der Waals surface area contributed by atoms with Gasteiger partial charge in [0.25, 0.3) is 0 Å². The number of rotatable bonds is 3. The van der Waals surface area contributed by atoms with Crippen molar-refractivity contribution in [3.63, 3.8) is 0 Å². The summed E-state index contributed by atoms with van der Waals surface area (Å²) in [5.74, 6) is -1.60. The van der Waals surface area contributed by atoms with E-state index in [2.05, 4.69) is 0 Å². The number of likely N-dealkylation sites (tertiary alicyclic amines) is 1. The maximum Gasteiger partial charge on any atom is 0.326 e. The SMILES string of the molecule is Cc1csc(=O)n1CC(=O)N1C[C@@H](O)C[C@H]1C(=O)O. The summed E-state index contributed by atoms with van der Waals surface area (Å²) in [6.07, 6.45) is -0.802. The molecule has 1 aromatic rings. The van der Waals surface area contributed by atoms with Gasteiger partial charge in [-0.3, -0.25) is 14.2 Å². The van der Waals surface area contributed by atoms with Crippen molar-refractivity contribution in [2.24, 2.45) is 0 Å². The predicted molar refractivity (Wildman–Crippen MR) is 67.1 cm³/mol. The summed E-state index contributed by atoms with van der Waals surface area (Å²) in [6, 6.07) is -1.02. The molecule has 1 fully saturated rings. The third kappa shape index (κ3) is 2.69. The highest BCUT2D eigenvalue weighted by atomic mass is 32.1. The number of hydrogen-bond acceptors (Lipinski definition) is 5. The summed E-state index contributed by atoms with van der Waals surface area (Å²) in [6.45, 7) is 1.51. The lowest BCUT2D eigenvalue weighted by Gasteiger charge is -2.21. The summed E-state index contributed by atoms with van der Waals surface area (Å²) in [7, 11) is 0. The molecule has 2 heterocycles. The van der Waals surface area contributed by atoms with E-state index in [1.165, 1.54) is 4.57 Å². The minimum atomic E-state index is -1.14. The van der Waals surface area contributed by atoms with Crippen molar-refractivity contribution < 1.29 is 19.8 Å². The Morgan fingerprint density at radius 3 is 2.74 bits per heavy atom. The highest BCUT2D eigenvalue weighted by Crippen LogP contribution is 2.18. The number of hydrogen-bond donors (Lipinski definition) is 2. The Kier molecular flexibility index (Phi) is 3.72. The first-order valence-electron chi connectivity index (χ1n) is 5.75. The van der Waals surface area contributed by atoms with Gasteiger partial charge in [-0.2, -0.15) is 0 Å². The van der Waals surface area contributed by atoms with Gasteiger partial charge < -0.3 is 15.1 Å². The van der Waals surface area contributed by atoms with Crippen LogP contribution in [0.2, 0.25) is 0 Å². The zero-order valence-corrected chi connectivity index (χ0v) is 11.1. The molecule has 0 aliphatic carbocycles. The van der Waals surface area contributed by atoms with Crippen molar-refractivity contribution in [3.05, 3.63) is 20.7 Å². The number of aliphatic hydroxyl groups is 1. The number of aryl methyl sites for hydroxylation is 1. The van der Waals surface area contributed by atoms with Crippen LogP contribution in [-0.2, 0) is 16.1 Å². The quantitative estimate of drug-likeness (QED) is 0.762. The first kappa shape index (κ1) is 13.8. The van der Waals surface area contributed by atoms with Crippen LogP contribution in [-0.4, -0.2) is 50.2 Å². The van der Waals surface area contributed by atoms with Gasteiger partial charge in [0, 0.05) is 24.0 Å². The molecular formula is C11H14N2O5S. The first-order valence-corrected chi connectivity index (χ1v) is 6.63. The van der Waals surface area contributed by atoms with Gasteiger partial charge in [-0.15, -0.1) is 0 Å². The second kappa shape index (κ2) is 5.14.